The summed E-state index contributed by atoms with van der Waals surface area (Å²) in [6, 6.07) is 9.40. The fourth-order valence-electron chi connectivity index (χ4n) is 1.80. The fourth-order valence-corrected chi connectivity index (χ4v) is 1.97. The van der Waals surface area contributed by atoms with E-state index in [9.17, 15) is 4.79 Å². The molecule has 0 fully saturated rings. The molecule has 0 bridgehead atoms. The molecule has 1 amide bonds. The Morgan fingerprint density at radius 1 is 1.33 bits per heavy atom. The first kappa shape index (κ1) is 12.7. The van der Waals surface area contributed by atoms with Gasteiger partial charge in [-0.2, -0.15) is 0 Å². The van der Waals surface area contributed by atoms with E-state index in [2.05, 4.69) is 24.1 Å². The van der Waals surface area contributed by atoms with Gasteiger partial charge >= 0.3 is 0 Å². The highest BCUT2D eigenvalue weighted by atomic mass is 35.5. The highest BCUT2D eigenvalue weighted by Gasteiger charge is 2.11. The number of aromatic amines is 1. The second kappa shape index (κ2) is 5.27. The minimum absolute atomic E-state index is 0.185. The van der Waals surface area contributed by atoms with Crippen LogP contribution in [0.25, 0.3) is 0 Å². The predicted molar refractivity (Wildman–Crippen MR) is 74.3 cm³/mol. The highest BCUT2D eigenvalue weighted by molar-refractivity contribution is 6.31. The Hall–Kier alpha value is -1.74. The highest BCUT2D eigenvalue weighted by Crippen LogP contribution is 2.24. The van der Waals surface area contributed by atoms with Crippen LogP contribution < -0.4 is 5.32 Å². The lowest BCUT2D eigenvalue weighted by Crippen LogP contribution is -2.13. The molecule has 1 aromatic heterocycles. The Labute approximate surface area is 111 Å². The van der Waals surface area contributed by atoms with Crippen molar-refractivity contribution in [3.63, 3.8) is 0 Å². The van der Waals surface area contributed by atoms with Gasteiger partial charge in [0.25, 0.3) is 5.91 Å². The van der Waals surface area contributed by atoms with Crippen LogP contribution in [0.5, 0.6) is 0 Å². The van der Waals surface area contributed by atoms with Crippen LogP contribution in [-0.2, 0) is 0 Å². The first-order valence-corrected chi connectivity index (χ1v) is 6.20. The summed E-state index contributed by atoms with van der Waals surface area (Å²) in [5.41, 5.74) is 2.41. The van der Waals surface area contributed by atoms with Crippen molar-refractivity contribution in [3.8, 4) is 0 Å². The molecule has 0 aliphatic heterocycles. The summed E-state index contributed by atoms with van der Waals surface area (Å²) in [5, 5.41) is 3.42. The van der Waals surface area contributed by atoms with Crippen molar-refractivity contribution >= 4 is 23.2 Å². The molecule has 0 radical (unpaired) electrons. The normalized spacial score (nSPS) is 10.7. The predicted octanol–water partition coefficient (Wildman–Crippen LogP) is 4.04. The van der Waals surface area contributed by atoms with Gasteiger partial charge in [-0.15, -0.1) is 0 Å². The van der Waals surface area contributed by atoms with Crippen LogP contribution in [0.15, 0.2) is 36.5 Å². The van der Waals surface area contributed by atoms with Crippen molar-refractivity contribution in [1.82, 2.24) is 4.98 Å². The van der Waals surface area contributed by atoms with E-state index in [0.717, 1.165) is 11.3 Å². The smallest absolute Gasteiger partial charge is 0.272 e. The van der Waals surface area contributed by atoms with Gasteiger partial charge in [-0.25, -0.2) is 0 Å². The molecule has 2 aromatic rings. The van der Waals surface area contributed by atoms with Crippen LogP contribution in [0.3, 0.4) is 0 Å². The molecule has 1 heterocycles. The number of hydrogen-bond acceptors (Lipinski definition) is 1. The molecule has 0 spiro atoms. The summed E-state index contributed by atoms with van der Waals surface area (Å²) >= 11 is 5.78. The molecule has 0 aliphatic rings. The molecule has 0 unspecified atom stereocenters. The molecule has 0 saturated carbocycles. The van der Waals surface area contributed by atoms with Crippen LogP contribution in [-0.4, -0.2) is 10.9 Å². The van der Waals surface area contributed by atoms with Crippen molar-refractivity contribution < 1.29 is 4.79 Å². The molecule has 4 heteroatoms. The lowest BCUT2D eigenvalue weighted by Gasteiger charge is -2.13. The van der Waals surface area contributed by atoms with Crippen molar-refractivity contribution in [2.45, 2.75) is 19.8 Å². The molecular formula is C14H15ClN2O. The Morgan fingerprint density at radius 3 is 2.67 bits per heavy atom. The molecular weight excluding hydrogens is 248 g/mol. The van der Waals surface area contributed by atoms with E-state index in [1.54, 1.807) is 12.3 Å². The third-order valence-electron chi connectivity index (χ3n) is 2.72. The van der Waals surface area contributed by atoms with Gasteiger partial charge in [0.1, 0.15) is 5.69 Å². The zero-order valence-corrected chi connectivity index (χ0v) is 11.1. The number of amides is 1. The van der Waals surface area contributed by atoms with Gasteiger partial charge in [-0.1, -0.05) is 43.6 Å². The van der Waals surface area contributed by atoms with Gasteiger partial charge in [-0.05, 0) is 23.6 Å². The summed E-state index contributed by atoms with van der Waals surface area (Å²) in [5.74, 6) is 0.170. The Balaban J connectivity index is 2.22. The number of benzene rings is 1. The largest absolute Gasteiger partial charge is 0.356 e. The Kier molecular flexibility index (Phi) is 3.72. The second-order valence-corrected chi connectivity index (χ2v) is 4.86. The first-order chi connectivity index (χ1) is 8.58. The molecule has 0 atom stereocenters. The number of hydrogen-bond donors (Lipinski definition) is 2. The van der Waals surface area contributed by atoms with Gasteiger partial charge in [-0.3, -0.25) is 4.79 Å². The number of carbonyl (C=O) groups excluding carboxylic acids is 1. The van der Waals surface area contributed by atoms with E-state index >= 15 is 0 Å². The van der Waals surface area contributed by atoms with Crippen LogP contribution in [0.1, 0.15) is 35.8 Å². The first-order valence-electron chi connectivity index (χ1n) is 5.82. The van der Waals surface area contributed by atoms with Gasteiger partial charge < -0.3 is 10.3 Å². The van der Waals surface area contributed by atoms with Crippen molar-refractivity contribution in [2.75, 3.05) is 5.32 Å². The number of para-hydroxylation sites is 1. The van der Waals surface area contributed by atoms with Gasteiger partial charge in [0.15, 0.2) is 0 Å². The van der Waals surface area contributed by atoms with E-state index in [1.165, 1.54) is 0 Å². The number of rotatable bonds is 3. The van der Waals surface area contributed by atoms with E-state index in [4.69, 9.17) is 11.6 Å². The summed E-state index contributed by atoms with van der Waals surface area (Å²) < 4.78 is 0. The monoisotopic (exact) mass is 262 g/mol. The third-order valence-corrected chi connectivity index (χ3v) is 2.94. The number of anilines is 1. The molecule has 3 nitrogen and oxygen atoms in total. The van der Waals surface area contributed by atoms with Crippen molar-refractivity contribution in [1.29, 1.82) is 0 Å². The molecule has 0 aliphatic carbocycles. The molecule has 94 valence electrons. The summed E-state index contributed by atoms with van der Waals surface area (Å²) in [6.45, 7) is 4.19. The maximum Gasteiger partial charge on any atom is 0.272 e. The lowest BCUT2D eigenvalue weighted by atomic mass is 10.0. The van der Waals surface area contributed by atoms with Crippen LogP contribution in [0.2, 0.25) is 5.02 Å². The fraction of sp³-hybridized carbons (Fsp3) is 0.214. The Bertz CT molecular complexity index is 560. The van der Waals surface area contributed by atoms with Crippen molar-refractivity contribution in [3.05, 3.63) is 52.8 Å². The molecule has 2 N–H and O–H groups in total. The molecule has 0 saturated heterocycles. The Morgan fingerprint density at radius 2 is 2.06 bits per heavy atom. The van der Waals surface area contributed by atoms with E-state index in [-0.39, 0.29) is 5.91 Å². The third kappa shape index (κ3) is 2.74. The van der Waals surface area contributed by atoms with E-state index < -0.39 is 0 Å². The SMILES string of the molecule is CC(C)c1ccccc1NC(=O)c1cc(Cl)c[nH]1. The summed E-state index contributed by atoms with van der Waals surface area (Å²) in [4.78, 5) is 14.8. The minimum Gasteiger partial charge on any atom is -0.356 e. The van der Waals surface area contributed by atoms with E-state index in [0.29, 0.717) is 16.6 Å². The zero-order chi connectivity index (χ0) is 13.1. The van der Waals surface area contributed by atoms with E-state index in [1.807, 2.05) is 24.3 Å². The lowest BCUT2D eigenvalue weighted by molar-refractivity contribution is 0.102. The minimum atomic E-state index is -0.185. The summed E-state index contributed by atoms with van der Waals surface area (Å²) in [7, 11) is 0. The van der Waals surface area contributed by atoms with Crippen LogP contribution in [0.4, 0.5) is 5.69 Å². The number of carbonyl (C=O) groups is 1. The molecule has 1 aromatic carbocycles. The number of aromatic nitrogens is 1. The summed E-state index contributed by atoms with van der Waals surface area (Å²) in [6.07, 6.45) is 1.59. The number of nitrogens with one attached hydrogen (secondary N) is 2. The topological polar surface area (TPSA) is 44.9 Å². The van der Waals surface area contributed by atoms with Gasteiger partial charge in [0, 0.05) is 11.9 Å². The van der Waals surface area contributed by atoms with Gasteiger partial charge in [0.05, 0.1) is 5.02 Å². The van der Waals surface area contributed by atoms with Crippen LogP contribution >= 0.6 is 11.6 Å². The second-order valence-electron chi connectivity index (χ2n) is 4.43. The quantitative estimate of drug-likeness (QED) is 0.861. The number of halogens is 1. The molecule has 2 rings (SSSR count). The maximum absolute atomic E-state index is 12.0. The molecule has 18 heavy (non-hydrogen) atoms. The maximum atomic E-state index is 12.0. The van der Waals surface area contributed by atoms with Crippen LogP contribution in [0, 0.1) is 0 Å². The van der Waals surface area contributed by atoms with Gasteiger partial charge in [0.2, 0.25) is 0 Å². The van der Waals surface area contributed by atoms with Crippen molar-refractivity contribution in [2.24, 2.45) is 0 Å². The zero-order valence-electron chi connectivity index (χ0n) is 10.3. The average molecular weight is 263 g/mol. The standard InChI is InChI=1S/C14H15ClN2O/c1-9(2)11-5-3-4-6-12(11)17-14(18)13-7-10(15)8-16-13/h3-9,16H,1-2H3,(H,17,18). The average Bonchev–Trinajstić information content (AvgIpc) is 2.76. The number of H-pyrrole nitrogens is 1.